The van der Waals surface area contributed by atoms with Crippen LogP contribution in [0.2, 0.25) is 43.8 Å². The van der Waals surface area contributed by atoms with Gasteiger partial charge in [-0.15, -0.1) is 0 Å². The molecule has 1 rings (SSSR count). The van der Waals surface area contributed by atoms with Crippen molar-refractivity contribution in [3.8, 4) is 0 Å². The molecule has 0 heterocycles. The van der Waals surface area contributed by atoms with Gasteiger partial charge >= 0.3 is 5.97 Å². The Morgan fingerprint density at radius 1 is 1.06 bits per heavy atom. The van der Waals surface area contributed by atoms with E-state index in [1.54, 1.807) is 0 Å². The summed E-state index contributed by atoms with van der Waals surface area (Å²) in [6.45, 7) is 18.3. The fourth-order valence-corrected chi connectivity index (χ4v) is 5.44. The van der Waals surface area contributed by atoms with E-state index in [4.69, 9.17) is 9.16 Å². The SMILES string of the molecule is CC(C)(C)[Si](C)(C)O[C@H](/C=C/CCSC(=O)Cc1ccccc1)CC(=O)OCC[Si](C)(C)C. The molecule has 0 amide bonds. The van der Waals surface area contributed by atoms with Gasteiger partial charge in [-0.05, 0) is 36.2 Å². The Morgan fingerprint density at radius 2 is 1.70 bits per heavy atom. The highest BCUT2D eigenvalue weighted by Gasteiger charge is 2.39. The molecule has 4 nitrogen and oxygen atoms in total. The first-order valence-corrected chi connectivity index (χ1v) is 19.5. The van der Waals surface area contributed by atoms with E-state index >= 15 is 0 Å². The standard InChI is InChI=1S/C26H44O4SSi2/c1-26(2,3)33(7,8)30-23(21-24(27)29-17-19-32(4,5)6)16-12-13-18-31-25(28)20-22-14-10-9-11-15-22/h9-12,14-16,23H,13,17-21H2,1-8H3/b16-12+/t23-/m1/s1. The first-order valence-electron chi connectivity index (χ1n) is 11.9. The average Bonchev–Trinajstić information content (AvgIpc) is 2.66. The summed E-state index contributed by atoms with van der Waals surface area (Å²) in [6.07, 6.45) is 5.17. The lowest BCUT2D eigenvalue weighted by molar-refractivity contribution is -0.144. The quantitative estimate of drug-likeness (QED) is 0.123. The van der Waals surface area contributed by atoms with Crippen molar-refractivity contribution in [2.75, 3.05) is 12.4 Å². The lowest BCUT2D eigenvalue weighted by Gasteiger charge is -2.38. The average molecular weight is 509 g/mol. The van der Waals surface area contributed by atoms with Gasteiger partial charge in [0.05, 0.1) is 19.1 Å². The smallest absolute Gasteiger partial charge is 0.308 e. The van der Waals surface area contributed by atoms with Crippen molar-refractivity contribution < 1.29 is 18.8 Å². The van der Waals surface area contributed by atoms with E-state index in [2.05, 4.69) is 53.5 Å². The van der Waals surface area contributed by atoms with E-state index in [0.717, 1.165) is 23.8 Å². The molecule has 0 aliphatic heterocycles. The second kappa shape index (κ2) is 13.7. The molecule has 0 radical (unpaired) electrons. The van der Waals surface area contributed by atoms with Crippen molar-refractivity contribution in [1.82, 2.24) is 0 Å². The summed E-state index contributed by atoms with van der Waals surface area (Å²) in [6, 6.07) is 10.8. The number of thioether (sulfide) groups is 1. The number of carbonyl (C=O) groups is 2. The highest BCUT2D eigenvalue weighted by Crippen LogP contribution is 2.37. The Balaban J connectivity index is 2.60. The molecular formula is C26H44O4SSi2. The predicted molar refractivity (Wildman–Crippen MR) is 147 cm³/mol. The first kappa shape index (κ1) is 29.9. The van der Waals surface area contributed by atoms with E-state index in [9.17, 15) is 9.59 Å². The fourth-order valence-electron chi connectivity index (χ4n) is 2.70. The molecule has 0 aromatic heterocycles. The molecule has 0 bridgehead atoms. The van der Waals surface area contributed by atoms with Crippen LogP contribution in [0.3, 0.4) is 0 Å². The lowest BCUT2D eigenvalue weighted by Crippen LogP contribution is -2.44. The maximum Gasteiger partial charge on any atom is 0.308 e. The van der Waals surface area contributed by atoms with E-state index in [1.165, 1.54) is 11.8 Å². The molecule has 7 heteroatoms. The lowest BCUT2D eigenvalue weighted by atomic mass is 10.2. The number of benzene rings is 1. The zero-order valence-electron chi connectivity index (χ0n) is 21.9. The first-order chi connectivity index (χ1) is 15.2. The third kappa shape index (κ3) is 13.3. The zero-order chi connectivity index (χ0) is 25.1. The van der Waals surface area contributed by atoms with Crippen LogP contribution in [0.4, 0.5) is 0 Å². The number of carbonyl (C=O) groups excluding carboxylic acids is 2. The minimum Gasteiger partial charge on any atom is -0.466 e. The van der Waals surface area contributed by atoms with Gasteiger partial charge in [0.15, 0.2) is 13.4 Å². The summed E-state index contributed by atoms with van der Waals surface area (Å²) in [5.74, 6) is 0.518. The molecule has 0 N–H and O–H groups in total. The van der Waals surface area contributed by atoms with Gasteiger partial charge in [-0.3, -0.25) is 9.59 Å². The number of hydrogen-bond acceptors (Lipinski definition) is 5. The van der Waals surface area contributed by atoms with Gasteiger partial charge in [-0.2, -0.15) is 0 Å². The van der Waals surface area contributed by atoms with Crippen LogP contribution >= 0.6 is 11.8 Å². The van der Waals surface area contributed by atoms with Crippen molar-refractivity contribution in [3.63, 3.8) is 0 Å². The normalized spacial score (nSPS) is 13.8. The largest absolute Gasteiger partial charge is 0.466 e. The van der Waals surface area contributed by atoms with Crippen molar-refractivity contribution in [2.24, 2.45) is 0 Å². The number of hydrogen-bond donors (Lipinski definition) is 0. The van der Waals surface area contributed by atoms with Crippen LogP contribution in [-0.2, 0) is 25.2 Å². The summed E-state index contributed by atoms with van der Waals surface area (Å²) < 4.78 is 12.0. The van der Waals surface area contributed by atoms with E-state index in [0.29, 0.717) is 13.0 Å². The van der Waals surface area contributed by atoms with Crippen molar-refractivity contribution in [3.05, 3.63) is 48.0 Å². The Hall–Kier alpha value is -1.16. The Morgan fingerprint density at radius 3 is 2.27 bits per heavy atom. The molecule has 33 heavy (non-hydrogen) atoms. The molecular weight excluding hydrogens is 465 g/mol. The van der Waals surface area contributed by atoms with Crippen LogP contribution in [-0.4, -0.2) is 45.9 Å². The molecule has 186 valence electrons. The van der Waals surface area contributed by atoms with Gasteiger partial charge in [-0.25, -0.2) is 0 Å². The molecule has 0 spiro atoms. The van der Waals surface area contributed by atoms with Crippen molar-refractivity contribution in [2.45, 2.75) is 90.0 Å². The Labute approximate surface area is 208 Å². The van der Waals surface area contributed by atoms with Crippen LogP contribution in [0, 0.1) is 0 Å². The second-order valence-corrected chi connectivity index (χ2v) is 22.8. The molecule has 0 saturated heterocycles. The summed E-state index contributed by atoms with van der Waals surface area (Å²) >= 11 is 1.36. The van der Waals surface area contributed by atoms with Crippen LogP contribution in [0.1, 0.15) is 39.2 Å². The molecule has 1 aromatic carbocycles. The number of ether oxygens (including phenoxy) is 1. The topological polar surface area (TPSA) is 52.6 Å². The van der Waals surface area contributed by atoms with Crippen LogP contribution in [0.15, 0.2) is 42.5 Å². The van der Waals surface area contributed by atoms with Crippen LogP contribution < -0.4 is 0 Å². The molecule has 0 unspecified atom stereocenters. The third-order valence-electron chi connectivity index (χ3n) is 5.82. The molecule has 1 atom stereocenters. The number of allylic oxidation sites excluding steroid dienone is 1. The van der Waals surface area contributed by atoms with Gasteiger partial charge in [0.1, 0.15) is 0 Å². The third-order valence-corrected chi connectivity index (χ3v) is 12.9. The molecule has 1 aromatic rings. The minimum absolute atomic E-state index is 0.0561. The zero-order valence-corrected chi connectivity index (χ0v) is 24.7. The van der Waals surface area contributed by atoms with Gasteiger partial charge in [0.2, 0.25) is 0 Å². The maximum atomic E-state index is 12.5. The Bertz CT molecular complexity index is 765. The molecule has 0 saturated carbocycles. The van der Waals surface area contributed by atoms with E-state index in [-0.39, 0.29) is 28.6 Å². The fraction of sp³-hybridized carbons (Fsp3) is 0.615. The molecule has 0 fully saturated rings. The summed E-state index contributed by atoms with van der Waals surface area (Å²) in [5.41, 5.74) is 1.04. The highest BCUT2D eigenvalue weighted by atomic mass is 32.2. The monoisotopic (exact) mass is 508 g/mol. The number of rotatable bonds is 13. The van der Waals surface area contributed by atoms with Crippen molar-refractivity contribution >= 4 is 39.2 Å². The van der Waals surface area contributed by atoms with Gasteiger partial charge < -0.3 is 9.16 Å². The van der Waals surface area contributed by atoms with Crippen LogP contribution in [0.5, 0.6) is 0 Å². The van der Waals surface area contributed by atoms with Crippen molar-refractivity contribution in [1.29, 1.82) is 0 Å². The highest BCUT2D eigenvalue weighted by molar-refractivity contribution is 8.13. The predicted octanol–water partition coefficient (Wildman–Crippen LogP) is 7.10. The van der Waals surface area contributed by atoms with E-state index in [1.807, 2.05) is 42.5 Å². The number of esters is 1. The summed E-state index contributed by atoms with van der Waals surface area (Å²) in [5, 5.41) is 0.232. The van der Waals surface area contributed by atoms with Gasteiger partial charge in [0, 0.05) is 20.2 Å². The Kier molecular flexibility index (Phi) is 12.4. The van der Waals surface area contributed by atoms with Crippen LogP contribution in [0.25, 0.3) is 0 Å². The van der Waals surface area contributed by atoms with Gasteiger partial charge in [-0.1, -0.05) is 94.7 Å². The minimum atomic E-state index is -2.04. The maximum absolute atomic E-state index is 12.5. The van der Waals surface area contributed by atoms with E-state index < -0.39 is 16.4 Å². The summed E-state index contributed by atoms with van der Waals surface area (Å²) in [4.78, 5) is 24.7. The second-order valence-electron chi connectivity index (χ2n) is 11.3. The molecule has 0 aliphatic carbocycles. The molecule has 0 aliphatic rings. The van der Waals surface area contributed by atoms with Gasteiger partial charge in [0.25, 0.3) is 0 Å². The summed E-state index contributed by atoms with van der Waals surface area (Å²) in [7, 11) is -3.27.